The third-order valence-corrected chi connectivity index (χ3v) is 2.76. The van der Waals surface area contributed by atoms with Crippen LogP contribution >= 0.6 is 15.9 Å². The Morgan fingerprint density at radius 3 is 2.80 bits per heavy atom. The number of fused-ring (bicyclic) bond motifs is 1. The molecular formula is C10H9BrN2O2. The number of nitro groups is 1. The van der Waals surface area contributed by atoms with Crippen molar-refractivity contribution in [1.82, 2.24) is 4.98 Å². The lowest BCUT2D eigenvalue weighted by Crippen LogP contribution is -1.89. The fourth-order valence-corrected chi connectivity index (χ4v) is 2.05. The SMILES string of the molecule is CCc1cc2cc(Br)cc([N+](=O)[O-])c2[nH]1. The molecule has 1 heterocycles. The summed E-state index contributed by atoms with van der Waals surface area (Å²) in [5.74, 6) is 0. The predicted octanol–water partition coefficient (Wildman–Crippen LogP) is 3.40. The first-order valence-electron chi connectivity index (χ1n) is 4.57. The number of hydrogen-bond acceptors (Lipinski definition) is 2. The van der Waals surface area contributed by atoms with Crippen molar-refractivity contribution in [3.63, 3.8) is 0 Å². The van der Waals surface area contributed by atoms with E-state index in [1.807, 2.05) is 19.1 Å². The Bertz CT molecular complexity index is 533. The molecule has 0 atom stereocenters. The van der Waals surface area contributed by atoms with E-state index in [1.54, 1.807) is 0 Å². The van der Waals surface area contributed by atoms with Crippen LogP contribution in [0.2, 0.25) is 0 Å². The van der Waals surface area contributed by atoms with Gasteiger partial charge in [0.05, 0.1) is 4.92 Å². The molecule has 2 aromatic rings. The molecule has 15 heavy (non-hydrogen) atoms. The van der Waals surface area contributed by atoms with Gasteiger partial charge in [-0.1, -0.05) is 22.9 Å². The largest absolute Gasteiger partial charge is 0.353 e. The summed E-state index contributed by atoms with van der Waals surface area (Å²) in [6, 6.07) is 5.32. The van der Waals surface area contributed by atoms with Gasteiger partial charge in [0.25, 0.3) is 5.69 Å². The Hall–Kier alpha value is -1.36. The maximum Gasteiger partial charge on any atom is 0.294 e. The highest BCUT2D eigenvalue weighted by Crippen LogP contribution is 2.30. The second-order valence-electron chi connectivity index (χ2n) is 3.29. The van der Waals surface area contributed by atoms with Gasteiger partial charge in [-0.05, 0) is 18.6 Å². The van der Waals surface area contributed by atoms with Gasteiger partial charge in [0.1, 0.15) is 5.52 Å². The number of nitrogens with zero attached hydrogens (tertiary/aromatic N) is 1. The first-order chi connectivity index (χ1) is 7.11. The second-order valence-corrected chi connectivity index (χ2v) is 4.21. The molecule has 0 unspecified atom stereocenters. The second kappa shape index (κ2) is 3.66. The Kier molecular flexibility index (Phi) is 2.48. The first kappa shape index (κ1) is 10.2. The number of benzene rings is 1. The summed E-state index contributed by atoms with van der Waals surface area (Å²) >= 11 is 3.26. The summed E-state index contributed by atoms with van der Waals surface area (Å²) in [7, 11) is 0. The van der Waals surface area contributed by atoms with Crippen LogP contribution in [-0.4, -0.2) is 9.91 Å². The number of halogens is 1. The highest BCUT2D eigenvalue weighted by Gasteiger charge is 2.15. The molecule has 2 rings (SSSR count). The molecule has 0 saturated heterocycles. The molecule has 5 heteroatoms. The van der Waals surface area contributed by atoms with Crippen LogP contribution in [0.4, 0.5) is 5.69 Å². The third-order valence-electron chi connectivity index (χ3n) is 2.31. The van der Waals surface area contributed by atoms with Crippen molar-refractivity contribution in [2.75, 3.05) is 0 Å². The molecule has 0 radical (unpaired) electrons. The molecule has 1 aromatic heterocycles. The zero-order valence-electron chi connectivity index (χ0n) is 8.08. The molecule has 0 fully saturated rings. The van der Waals surface area contributed by atoms with Crippen molar-refractivity contribution in [2.24, 2.45) is 0 Å². The van der Waals surface area contributed by atoms with E-state index >= 15 is 0 Å². The quantitative estimate of drug-likeness (QED) is 0.670. The van der Waals surface area contributed by atoms with Crippen LogP contribution in [0.1, 0.15) is 12.6 Å². The van der Waals surface area contributed by atoms with Crippen molar-refractivity contribution in [3.05, 3.63) is 38.5 Å². The minimum atomic E-state index is -0.372. The Labute approximate surface area is 94.6 Å². The maximum absolute atomic E-state index is 10.8. The lowest BCUT2D eigenvalue weighted by Gasteiger charge is -1.95. The van der Waals surface area contributed by atoms with Gasteiger partial charge in [-0.3, -0.25) is 10.1 Å². The van der Waals surface area contributed by atoms with Crippen LogP contribution in [0, 0.1) is 10.1 Å². The number of hydrogen-bond donors (Lipinski definition) is 1. The van der Waals surface area contributed by atoms with E-state index in [9.17, 15) is 10.1 Å². The van der Waals surface area contributed by atoms with E-state index in [0.29, 0.717) is 5.52 Å². The topological polar surface area (TPSA) is 58.9 Å². The average Bonchev–Trinajstić information content (AvgIpc) is 2.58. The molecule has 0 aliphatic heterocycles. The van der Waals surface area contributed by atoms with Crippen LogP contribution in [0.25, 0.3) is 10.9 Å². The number of H-pyrrole nitrogens is 1. The Balaban J connectivity index is 2.77. The summed E-state index contributed by atoms with van der Waals surface area (Å²) in [6.45, 7) is 2.01. The molecule has 1 N–H and O–H groups in total. The normalized spacial score (nSPS) is 10.8. The van der Waals surface area contributed by atoms with E-state index in [0.717, 1.165) is 22.0 Å². The van der Waals surface area contributed by atoms with Gasteiger partial charge in [0.15, 0.2) is 0 Å². The standard InChI is InChI=1S/C10H9BrN2O2/c1-2-8-4-6-3-7(11)5-9(13(14)15)10(6)12-8/h3-5,12H,2H2,1H3. The summed E-state index contributed by atoms with van der Waals surface area (Å²) < 4.78 is 0.725. The molecule has 78 valence electrons. The monoisotopic (exact) mass is 268 g/mol. The number of aryl methyl sites for hydroxylation is 1. The lowest BCUT2D eigenvalue weighted by molar-refractivity contribution is -0.383. The predicted molar refractivity (Wildman–Crippen MR) is 62.0 cm³/mol. The van der Waals surface area contributed by atoms with Gasteiger partial charge < -0.3 is 4.98 Å². The van der Waals surface area contributed by atoms with E-state index in [-0.39, 0.29) is 10.6 Å². The maximum atomic E-state index is 10.8. The summed E-state index contributed by atoms with van der Waals surface area (Å²) in [5, 5.41) is 11.7. The highest BCUT2D eigenvalue weighted by molar-refractivity contribution is 9.10. The van der Waals surface area contributed by atoms with E-state index in [1.165, 1.54) is 6.07 Å². The first-order valence-corrected chi connectivity index (χ1v) is 5.36. The molecule has 4 nitrogen and oxygen atoms in total. The third kappa shape index (κ3) is 1.74. The molecule has 0 amide bonds. The van der Waals surface area contributed by atoms with Crippen LogP contribution < -0.4 is 0 Å². The van der Waals surface area contributed by atoms with Crippen molar-refractivity contribution in [2.45, 2.75) is 13.3 Å². The van der Waals surface area contributed by atoms with Crippen molar-refractivity contribution >= 4 is 32.5 Å². The lowest BCUT2D eigenvalue weighted by atomic mass is 10.2. The minimum Gasteiger partial charge on any atom is -0.353 e. The van der Waals surface area contributed by atoms with Crippen LogP contribution in [0.15, 0.2) is 22.7 Å². The molecule has 0 spiro atoms. The number of nitrogens with one attached hydrogen (secondary N) is 1. The van der Waals surface area contributed by atoms with Crippen molar-refractivity contribution in [3.8, 4) is 0 Å². The molecule has 0 bridgehead atoms. The van der Waals surface area contributed by atoms with Gasteiger partial charge in [-0.25, -0.2) is 0 Å². The van der Waals surface area contributed by atoms with Crippen LogP contribution in [-0.2, 0) is 6.42 Å². The van der Waals surface area contributed by atoms with Gasteiger partial charge in [-0.2, -0.15) is 0 Å². The molecule has 0 saturated carbocycles. The Morgan fingerprint density at radius 1 is 1.47 bits per heavy atom. The van der Waals surface area contributed by atoms with Gasteiger partial charge in [-0.15, -0.1) is 0 Å². The van der Waals surface area contributed by atoms with Crippen molar-refractivity contribution in [1.29, 1.82) is 0 Å². The van der Waals surface area contributed by atoms with Gasteiger partial charge in [0, 0.05) is 21.6 Å². The summed E-state index contributed by atoms with van der Waals surface area (Å²) in [5.41, 5.74) is 1.71. The van der Waals surface area contributed by atoms with Crippen LogP contribution in [0.3, 0.4) is 0 Å². The zero-order valence-corrected chi connectivity index (χ0v) is 9.67. The number of non-ortho nitro benzene ring substituents is 1. The van der Waals surface area contributed by atoms with Crippen molar-refractivity contribution < 1.29 is 4.92 Å². The number of aromatic nitrogens is 1. The molecule has 0 aliphatic rings. The number of nitro benzene ring substituents is 1. The van der Waals surface area contributed by atoms with E-state index < -0.39 is 0 Å². The minimum absolute atomic E-state index is 0.110. The van der Waals surface area contributed by atoms with Gasteiger partial charge >= 0.3 is 0 Å². The van der Waals surface area contributed by atoms with E-state index in [2.05, 4.69) is 20.9 Å². The highest BCUT2D eigenvalue weighted by atomic mass is 79.9. The molecular weight excluding hydrogens is 260 g/mol. The number of aromatic amines is 1. The summed E-state index contributed by atoms with van der Waals surface area (Å²) in [4.78, 5) is 13.5. The average molecular weight is 269 g/mol. The molecule has 1 aromatic carbocycles. The van der Waals surface area contributed by atoms with E-state index in [4.69, 9.17) is 0 Å². The summed E-state index contributed by atoms with van der Waals surface area (Å²) in [6.07, 6.45) is 0.837. The zero-order chi connectivity index (χ0) is 11.0. The fraction of sp³-hybridized carbons (Fsp3) is 0.200. The fourth-order valence-electron chi connectivity index (χ4n) is 1.58. The Morgan fingerprint density at radius 2 is 2.20 bits per heavy atom. The molecule has 0 aliphatic carbocycles. The van der Waals surface area contributed by atoms with Gasteiger partial charge in [0.2, 0.25) is 0 Å². The number of rotatable bonds is 2. The smallest absolute Gasteiger partial charge is 0.294 e. The van der Waals surface area contributed by atoms with Crippen LogP contribution in [0.5, 0.6) is 0 Å².